The molecule has 2 aromatic carbocycles. The van der Waals surface area contributed by atoms with E-state index in [1.807, 2.05) is 0 Å². The lowest BCUT2D eigenvalue weighted by atomic mass is 10.1. The minimum atomic E-state index is -0.265. The largest absolute Gasteiger partial charge is 0.454 e. The average molecular weight is 362 g/mol. The van der Waals surface area contributed by atoms with Crippen LogP contribution in [-0.2, 0) is 11.2 Å². The zero-order chi connectivity index (χ0) is 17.8. The number of rotatable bonds is 5. The molecule has 0 N–H and O–H groups in total. The van der Waals surface area contributed by atoms with Crippen LogP contribution < -0.4 is 9.47 Å². The molecular weight excluding hydrogens is 345 g/mol. The second kappa shape index (κ2) is 7.57. The molecule has 0 aromatic heterocycles. The van der Waals surface area contributed by atoms with E-state index in [-0.39, 0.29) is 18.5 Å². The molecule has 0 atom stereocenters. The summed E-state index contributed by atoms with van der Waals surface area (Å²) >= 11 is 6.12. The van der Waals surface area contributed by atoms with E-state index in [2.05, 4.69) is 0 Å². The molecule has 25 heavy (non-hydrogen) atoms. The van der Waals surface area contributed by atoms with Gasteiger partial charge in [0.25, 0.3) is 0 Å². The molecule has 130 valence electrons. The van der Waals surface area contributed by atoms with Crippen LogP contribution in [0, 0.1) is 5.82 Å². The first-order valence-corrected chi connectivity index (χ1v) is 8.17. The first-order valence-electron chi connectivity index (χ1n) is 7.80. The quantitative estimate of drug-likeness (QED) is 0.758. The second-order valence-electron chi connectivity index (χ2n) is 5.71. The maximum Gasteiger partial charge on any atom is 0.246 e. The number of hydrogen-bond acceptors (Lipinski definition) is 3. The Labute approximate surface area is 150 Å². The second-order valence-corrected chi connectivity index (χ2v) is 6.11. The topological polar surface area (TPSA) is 38.8 Å². The lowest BCUT2D eigenvalue weighted by Crippen LogP contribution is -2.27. The zero-order valence-electron chi connectivity index (χ0n) is 13.7. The Morgan fingerprint density at radius 1 is 1.28 bits per heavy atom. The number of benzene rings is 2. The van der Waals surface area contributed by atoms with Crippen LogP contribution in [0.4, 0.5) is 4.39 Å². The summed E-state index contributed by atoms with van der Waals surface area (Å²) < 4.78 is 23.4. The molecule has 3 rings (SSSR count). The number of likely N-dealkylation sites (N-methyl/N-ethyl adjacent to an activating group) is 1. The van der Waals surface area contributed by atoms with Gasteiger partial charge in [-0.05, 0) is 47.9 Å². The van der Waals surface area contributed by atoms with Crippen LogP contribution in [0.3, 0.4) is 0 Å². The van der Waals surface area contributed by atoms with Crippen LogP contribution in [0.15, 0.2) is 42.5 Å². The third-order valence-electron chi connectivity index (χ3n) is 3.89. The van der Waals surface area contributed by atoms with Gasteiger partial charge in [0.05, 0.1) is 5.02 Å². The number of hydrogen-bond donors (Lipinski definition) is 0. The molecule has 0 saturated heterocycles. The smallest absolute Gasteiger partial charge is 0.246 e. The first kappa shape index (κ1) is 17.3. The lowest BCUT2D eigenvalue weighted by molar-refractivity contribution is -0.124. The Bertz CT molecular complexity index is 805. The van der Waals surface area contributed by atoms with Gasteiger partial charge in [0.1, 0.15) is 5.82 Å². The van der Waals surface area contributed by atoms with Crippen LogP contribution in [-0.4, -0.2) is 31.2 Å². The monoisotopic (exact) mass is 361 g/mol. The predicted molar refractivity (Wildman–Crippen MR) is 94.4 cm³/mol. The minimum Gasteiger partial charge on any atom is -0.454 e. The van der Waals surface area contributed by atoms with Gasteiger partial charge in [-0.25, -0.2) is 4.39 Å². The fraction of sp³-hybridized carbons (Fsp3) is 0.211. The van der Waals surface area contributed by atoms with Gasteiger partial charge in [0, 0.05) is 19.7 Å². The average Bonchev–Trinajstić information content (AvgIpc) is 3.08. The maximum atomic E-state index is 12.9. The highest BCUT2D eigenvalue weighted by atomic mass is 35.5. The van der Waals surface area contributed by atoms with E-state index in [9.17, 15) is 9.18 Å². The van der Waals surface area contributed by atoms with Crippen molar-refractivity contribution in [1.82, 2.24) is 4.90 Å². The molecule has 0 fully saturated rings. The molecule has 0 bridgehead atoms. The van der Waals surface area contributed by atoms with E-state index in [0.717, 1.165) is 11.1 Å². The van der Waals surface area contributed by atoms with E-state index in [1.54, 1.807) is 42.3 Å². The van der Waals surface area contributed by atoms with Crippen molar-refractivity contribution >= 4 is 23.6 Å². The Hall–Kier alpha value is -2.53. The van der Waals surface area contributed by atoms with E-state index < -0.39 is 0 Å². The summed E-state index contributed by atoms with van der Waals surface area (Å²) in [6.07, 6.45) is 3.83. The van der Waals surface area contributed by atoms with Gasteiger partial charge in [-0.15, -0.1) is 0 Å². The number of amides is 1. The van der Waals surface area contributed by atoms with Crippen LogP contribution in [0.5, 0.6) is 11.5 Å². The molecule has 1 aliphatic rings. The molecule has 6 heteroatoms. The number of nitrogens with zero attached hydrogens (tertiary/aromatic N) is 1. The van der Waals surface area contributed by atoms with Crippen LogP contribution in [0.2, 0.25) is 5.02 Å². The number of carbonyl (C=O) groups is 1. The van der Waals surface area contributed by atoms with Crippen molar-refractivity contribution in [2.45, 2.75) is 6.42 Å². The van der Waals surface area contributed by atoms with Crippen molar-refractivity contribution in [2.75, 3.05) is 20.4 Å². The highest BCUT2D eigenvalue weighted by Gasteiger charge is 2.17. The highest BCUT2D eigenvalue weighted by Crippen LogP contribution is 2.40. The SMILES string of the molecule is CN(CCc1ccc(F)cc1)C(=O)/C=C/c1cc(Cl)c2c(c1)OCO2. The van der Waals surface area contributed by atoms with Crippen molar-refractivity contribution in [1.29, 1.82) is 0 Å². The third-order valence-corrected chi connectivity index (χ3v) is 4.17. The van der Waals surface area contributed by atoms with Crippen LogP contribution in [0.25, 0.3) is 6.08 Å². The lowest BCUT2D eigenvalue weighted by Gasteiger charge is -2.15. The Morgan fingerprint density at radius 3 is 2.80 bits per heavy atom. The molecule has 0 aliphatic carbocycles. The zero-order valence-corrected chi connectivity index (χ0v) is 14.4. The van der Waals surface area contributed by atoms with Crippen molar-refractivity contribution in [3.8, 4) is 11.5 Å². The van der Waals surface area contributed by atoms with E-state index >= 15 is 0 Å². The summed E-state index contributed by atoms with van der Waals surface area (Å²) in [5.74, 6) is 0.709. The van der Waals surface area contributed by atoms with E-state index in [0.29, 0.717) is 29.5 Å². The van der Waals surface area contributed by atoms with Crippen LogP contribution >= 0.6 is 11.6 Å². The van der Waals surface area contributed by atoms with Gasteiger partial charge >= 0.3 is 0 Å². The minimum absolute atomic E-state index is 0.129. The summed E-state index contributed by atoms with van der Waals surface area (Å²) in [4.78, 5) is 13.8. The molecule has 0 unspecified atom stereocenters. The third kappa shape index (κ3) is 4.31. The van der Waals surface area contributed by atoms with Gasteiger partial charge in [0.15, 0.2) is 11.5 Å². The Balaban J connectivity index is 1.58. The summed E-state index contributed by atoms with van der Waals surface area (Å²) in [7, 11) is 1.73. The molecule has 1 heterocycles. The molecule has 0 spiro atoms. The fourth-order valence-electron chi connectivity index (χ4n) is 2.44. The van der Waals surface area contributed by atoms with Gasteiger partial charge < -0.3 is 14.4 Å². The standard InChI is InChI=1S/C19H17ClFNO3/c1-22(9-8-13-2-5-15(21)6-3-13)18(23)7-4-14-10-16(20)19-17(11-14)24-12-25-19/h2-7,10-11H,8-9,12H2,1H3/b7-4+. The van der Waals surface area contributed by atoms with E-state index in [4.69, 9.17) is 21.1 Å². The number of ether oxygens (including phenoxy) is 2. The first-order chi connectivity index (χ1) is 12.0. The molecule has 2 aromatic rings. The van der Waals surface area contributed by atoms with Gasteiger partial charge in [-0.3, -0.25) is 4.79 Å². The summed E-state index contributed by atoms with van der Waals surface area (Å²) in [6.45, 7) is 0.684. The van der Waals surface area contributed by atoms with Crippen molar-refractivity contribution in [3.05, 3.63) is 64.4 Å². The molecular formula is C19H17ClFNO3. The van der Waals surface area contributed by atoms with Crippen molar-refractivity contribution < 1.29 is 18.7 Å². The normalized spacial score (nSPS) is 12.6. The van der Waals surface area contributed by atoms with Crippen molar-refractivity contribution in [3.63, 3.8) is 0 Å². The number of halogens is 2. The highest BCUT2D eigenvalue weighted by molar-refractivity contribution is 6.32. The van der Waals surface area contributed by atoms with Gasteiger partial charge in [0.2, 0.25) is 12.7 Å². The summed E-state index contributed by atoms with van der Waals surface area (Å²) in [5.41, 5.74) is 1.74. The Morgan fingerprint density at radius 2 is 2.04 bits per heavy atom. The van der Waals surface area contributed by atoms with E-state index in [1.165, 1.54) is 18.2 Å². The summed E-state index contributed by atoms with van der Waals surface area (Å²) in [6, 6.07) is 9.77. The predicted octanol–water partition coefficient (Wildman–Crippen LogP) is 3.92. The molecule has 0 radical (unpaired) electrons. The van der Waals surface area contributed by atoms with Gasteiger partial charge in [-0.1, -0.05) is 23.7 Å². The number of fused-ring (bicyclic) bond motifs is 1. The molecule has 1 aliphatic heterocycles. The fourth-order valence-corrected chi connectivity index (χ4v) is 2.71. The number of carbonyl (C=O) groups excluding carboxylic acids is 1. The van der Waals surface area contributed by atoms with Crippen molar-refractivity contribution in [2.24, 2.45) is 0 Å². The maximum absolute atomic E-state index is 12.9. The molecule has 0 saturated carbocycles. The van der Waals surface area contributed by atoms with Gasteiger partial charge in [-0.2, -0.15) is 0 Å². The van der Waals surface area contributed by atoms with Crippen LogP contribution in [0.1, 0.15) is 11.1 Å². The summed E-state index contributed by atoms with van der Waals surface area (Å²) in [5, 5.41) is 0.451. The molecule has 4 nitrogen and oxygen atoms in total. The molecule has 1 amide bonds. The Kier molecular flexibility index (Phi) is 5.24.